The van der Waals surface area contributed by atoms with E-state index in [1.165, 1.54) is 12.1 Å². The Kier molecular flexibility index (Phi) is 3.51. The van der Waals surface area contributed by atoms with Crippen LogP contribution in [-0.4, -0.2) is 31.2 Å². The van der Waals surface area contributed by atoms with Gasteiger partial charge in [-0.15, -0.1) is 0 Å². The number of hydrogen-bond donors (Lipinski definition) is 2. The average Bonchev–Trinajstić information content (AvgIpc) is 2.19. The highest BCUT2D eigenvalue weighted by Crippen LogP contribution is 2.21. The predicted molar refractivity (Wildman–Crippen MR) is 53.6 cm³/mol. The number of esters is 1. The van der Waals surface area contributed by atoms with Crippen molar-refractivity contribution in [2.75, 3.05) is 7.11 Å². The molecular weight excluding hydrogens is 236 g/mol. The first-order valence-corrected chi connectivity index (χ1v) is 5.65. The topological polar surface area (TPSA) is 101 Å². The van der Waals surface area contributed by atoms with Gasteiger partial charge in [-0.25, -0.2) is 0 Å². The standard InChI is InChI=1S/C9H10O6S/c1-15-9(11)4-6-2-3-7(10)5-8(6)16(12,13)14/h2-3,5,10H,4H2,1H3,(H,12,13,14). The lowest BCUT2D eigenvalue weighted by atomic mass is 10.1. The summed E-state index contributed by atoms with van der Waals surface area (Å²) >= 11 is 0. The maximum atomic E-state index is 11.0. The Hall–Kier alpha value is -1.60. The van der Waals surface area contributed by atoms with Crippen LogP contribution in [0.2, 0.25) is 0 Å². The summed E-state index contributed by atoms with van der Waals surface area (Å²) < 4.78 is 35.2. The molecule has 0 spiro atoms. The monoisotopic (exact) mass is 246 g/mol. The molecule has 0 fully saturated rings. The van der Waals surface area contributed by atoms with E-state index in [2.05, 4.69) is 4.74 Å². The molecule has 0 bridgehead atoms. The van der Waals surface area contributed by atoms with E-state index in [9.17, 15) is 13.2 Å². The molecule has 0 unspecified atom stereocenters. The third kappa shape index (κ3) is 2.94. The van der Waals surface area contributed by atoms with Crippen LogP contribution in [-0.2, 0) is 26.1 Å². The van der Waals surface area contributed by atoms with Gasteiger partial charge in [-0.1, -0.05) is 6.07 Å². The second kappa shape index (κ2) is 4.50. The molecule has 0 heterocycles. The lowest BCUT2D eigenvalue weighted by molar-refractivity contribution is -0.139. The molecule has 16 heavy (non-hydrogen) atoms. The SMILES string of the molecule is COC(=O)Cc1ccc(O)cc1S(=O)(=O)O. The van der Waals surface area contributed by atoms with Gasteiger partial charge >= 0.3 is 5.97 Å². The number of hydrogen-bond acceptors (Lipinski definition) is 5. The molecular formula is C9H10O6S. The van der Waals surface area contributed by atoms with Gasteiger partial charge in [-0.3, -0.25) is 9.35 Å². The molecule has 1 aromatic rings. The molecule has 0 amide bonds. The van der Waals surface area contributed by atoms with Crippen LogP contribution in [0.1, 0.15) is 5.56 Å². The Balaban J connectivity index is 3.24. The summed E-state index contributed by atoms with van der Waals surface area (Å²) in [6.07, 6.45) is -0.300. The average molecular weight is 246 g/mol. The van der Waals surface area contributed by atoms with Gasteiger partial charge in [0.05, 0.1) is 13.5 Å². The molecule has 6 nitrogen and oxygen atoms in total. The van der Waals surface area contributed by atoms with E-state index in [4.69, 9.17) is 9.66 Å². The first-order chi connectivity index (χ1) is 7.34. The van der Waals surface area contributed by atoms with E-state index in [1.807, 2.05) is 0 Å². The van der Waals surface area contributed by atoms with Gasteiger partial charge in [0.25, 0.3) is 10.1 Å². The fourth-order valence-electron chi connectivity index (χ4n) is 1.16. The number of carbonyl (C=O) groups excluding carboxylic acids is 1. The van der Waals surface area contributed by atoms with Crippen molar-refractivity contribution in [1.29, 1.82) is 0 Å². The van der Waals surface area contributed by atoms with E-state index in [-0.39, 0.29) is 17.7 Å². The first kappa shape index (κ1) is 12.5. The van der Waals surface area contributed by atoms with Gasteiger partial charge in [0, 0.05) is 6.07 Å². The van der Waals surface area contributed by atoms with Crippen molar-refractivity contribution < 1.29 is 27.6 Å². The number of benzene rings is 1. The number of rotatable bonds is 3. The number of aromatic hydroxyl groups is 1. The molecule has 0 radical (unpaired) electrons. The molecule has 0 aromatic heterocycles. The fraction of sp³-hybridized carbons (Fsp3) is 0.222. The first-order valence-electron chi connectivity index (χ1n) is 4.21. The predicted octanol–water partition coefficient (Wildman–Crippen LogP) is 0.354. The van der Waals surface area contributed by atoms with Crippen LogP contribution in [0.5, 0.6) is 5.75 Å². The molecule has 2 N–H and O–H groups in total. The number of phenolic OH excluding ortho intramolecular Hbond substituents is 1. The van der Waals surface area contributed by atoms with Crippen molar-refractivity contribution in [1.82, 2.24) is 0 Å². The van der Waals surface area contributed by atoms with Gasteiger partial charge in [-0.05, 0) is 11.6 Å². The maximum Gasteiger partial charge on any atom is 0.310 e. The Bertz CT molecular complexity index is 505. The smallest absolute Gasteiger partial charge is 0.310 e. The minimum absolute atomic E-state index is 0.0622. The zero-order valence-electron chi connectivity index (χ0n) is 8.37. The van der Waals surface area contributed by atoms with E-state index >= 15 is 0 Å². The highest BCUT2D eigenvalue weighted by molar-refractivity contribution is 7.85. The summed E-state index contributed by atoms with van der Waals surface area (Å²) in [5.41, 5.74) is 0.0622. The number of ether oxygens (including phenoxy) is 1. The number of phenols is 1. The molecule has 0 aliphatic heterocycles. The van der Waals surface area contributed by atoms with Crippen LogP contribution < -0.4 is 0 Å². The molecule has 0 saturated heterocycles. The Morgan fingerprint density at radius 1 is 1.44 bits per heavy atom. The highest BCUT2D eigenvalue weighted by atomic mass is 32.2. The molecule has 0 aliphatic rings. The molecule has 0 saturated carbocycles. The van der Waals surface area contributed by atoms with Crippen LogP contribution in [0, 0.1) is 0 Å². The quantitative estimate of drug-likeness (QED) is 0.589. The van der Waals surface area contributed by atoms with Crippen molar-refractivity contribution in [3.05, 3.63) is 23.8 Å². The molecule has 88 valence electrons. The van der Waals surface area contributed by atoms with E-state index in [0.29, 0.717) is 0 Å². The number of methoxy groups -OCH3 is 1. The largest absolute Gasteiger partial charge is 0.508 e. The van der Waals surface area contributed by atoms with Crippen LogP contribution in [0.4, 0.5) is 0 Å². The van der Waals surface area contributed by atoms with Gasteiger partial charge in [-0.2, -0.15) is 8.42 Å². The molecule has 0 atom stereocenters. The molecule has 0 aliphatic carbocycles. The second-order valence-corrected chi connectivity index (χ2v) is 4.41. The van der Waals surface area contributed by atoms with Gasteiger partial charge in [0.1, 0.15) is 10.6 Å². The lowest BCUT2D eigenvalue weighted by Gasteiger charge is -2.06. The minimum Gasteiger partial charge on any atom is -0.508 e. The molecule has 7 heteroatoms. The van der Waals surface area contributed by atoms with Gasteiger partial charge < -0.3 is 9.84 Å². The van der Waals surface area contributed by atoms with Crippen molar-refractivity contribution in [3.63, 3.8) is 0 Å². The summed E-state index contributed by atoms with van der Waals surface area (Å²) in [6, 6.07) is 3.32. The second-order valence-electron chi connectivity index (χ2n) is 3.02. The minimum atomic E-state index is -4.48. The molecule has 1 aromatic carbocycles. The van der Waals surface area contributed by atoms with Crippen molar-refractivity contribution in [2.24, 2.45) is 0 Å². The van der Waals surface area contributed by atoms with E-state index < -0.39 is 21.0 Å². The fourth-order valence-corrected chi connectivity index (χ4v) is 1.90. The van der Waals surface area contributed by atoms with Crippen LogP contribution in [0.25, 0.3) is 0 Å². The Morgan fingerprint density at radius 3 is 2.56 bits per heavy atom. The zero-order chi connectivity index (χ0) is 12.3. The maximum absolute atomic E-state index is 11.0. The van der Waals surface area contributed by atoms with Gasteiger partial charge in [0.2, 0.25) is 0 Å². The summed E-state index contributed by atoms with van der Waals surface area (Å²) in [5, 5.41) is 9.10. The van der Waals surface area contributed by atoms with Crippen molar-refractivity contribution in [3.8, 4) is 5.75 Å². The Labute approximate surface area is 92.2 Å². The van der Waals surface area contributed by atoms with Crippen molar-refractivity contribution >= 4 is 16.1 Å². The zero-order valence-corrected chi connectivity index (χ0v) is 9.19. The molecule has 1 rings (SSSR count). The van der Waals surface area contributed by atoms with Crippen LogP contribution >= 0.6 is 0 Å². The third-order valence-electron chi connectivity index (χ3n) is 1.89. The summed E-state index contributed by atoms with van der Waals surface area (Å²) in [6.45, 7) is 0. The van der Waals surface area contributed by atoms with E-state index in [0.717, 1.165) is 13.2 Å². The van der Waals surface area contributed by atoms with Crippen LogP contribution in [0.3, 0.4) is 0 Å². The van der Waals surface area contributed by atoms with Crippen molar-refractivity contribution in [2.45, 2.75) is 11.3 Å². The summed E-state index contributed by atoms with van der Waals surface area (Å²) in [7, 11) is -3.32. The summed E-state index contributed by atoms with van der Waals surface area (Å²) in [4.78, 5) is 10.5. The summed E-state index contributed by atoms with van der Waals surface area (Å²) in [5.74, 6) is -0.961. The van der Waals surface area contributed by atoms with Gasteiger partial charge in [0.15, 0.2) is 0 Å². The lowest BCUT2D eigenvalue weighted by Crippen LogP contribution is -2.09. The Morgan fingerprint density at radius 2 is 2.06 bits per heavy atom. The highest BCUT2D eigenvalue weighted by Gasteiger charge is 2.18. The normalized spacial score (nSPS) is 11.1. The number of carbonyl (C=O) groups is 1. The van der Waals surface area contributed by atoms with Crippen LogP contribution in [0.15, 0.2) is 23.1 Å². The van der Waals surface area contributed by atoms with E-state index in [1.54, 1.807) is 0 Å². The third-order valence-corrected chi connectivity index (χ3v) is 2.83.